The minimum Gasteiger partial charge on any atom is -0.404 e. The summed E-state index contributed by atoms with van der Waals surface area (Å²) in [6, 6.07) is 4.26. The van der Waals surface area contributed by atoms with Gasteiger partial charge in [-0.1, -0.05) is 0 Å². The lowest BCUT2D eigenvalue weighted by atomic mass is 10.2. The van der Waals surface area contributed by atoms with Gasteiger partial charge in [0.1, 0.15) is 0 Å². The first-order valence-electron chi connectivity index (χ1n) is 6.42. The van der Waals surface area contributed by atoms with Crippen LogP contribution in [0.15, 0.2) is 18.2 Å². The Labute approximate surface area is 120 Å². The Balaban J connectivity index is 2.21. The molecular formula is C13H16F3N3O2. The highest BCUT2D eigenvalue weighted by Gasteiger charge is 2.32. The molecule has 5 nitrogen and oxygen atoms in total. The molecule has 1 aromatic carbocycles. The zero-order valence-electron chi connectivity index (χ0n) is 11.5. The average Bonchev–Trinajstić information content (AvgIpc) is 2.40. The van der Waals surface area contributed by atoms with Gasteiger partial charge in [0.2, 0.25) is 6.41 Å². The van der Waals surface area contributed by atoms with Gasteiger partial charge < -0.3 is 19.9 Å². The van der Waals surface area contributed by atoms with E-state index in [1.807, 2.05) is 11.9 Å². The predicted molar refractivity (Wildman–Crippen MR) is 72.5 cm³/mol. The quantitative estimate of drug-likeness (QED) is 0.863. The number of alkyl halides is 3. The topological polar surface area (TPSA) is 44.8 Å². The van der Waals surface area contributed by atoms with Crippen LogP contribution < -0.4 is 15.0 Å². The maximum Gasteiger partial charge on any atom is 0.573 e. The van der Waals surface area contributed by atoms with E-state index in [2.05, 4.69) is 15.0 Å². The lowest BCUT2D eigenvalue weighted by molar-refractivity contribution is -0.274. The summed E-state index contributed by atoms with van der Waals surface area (Å²) in [4.78, 5) is 14.8. The van der Waals surface area contributed by atoms with Crippen LogP contribution in [0, 0.1) is 0 Å². The molecule has 1 aliphatic heterocycles. The lowest BCUT2D eigenvalue weighted by Crippen LogP contribution is -2.44. The Morgan fingerprint density at radius 3 is 2.48 bits per heavy atom. The monoisotopic (exact) mass is 303 g/mol. The summed E-state index contributed by atoms with van der Waals surface area (Å²) in [5.74, 6) is -0.424. The Morgan fingerprint density at radius 1 is 1.24 bits per heavy atom. The number of hydrogen-bond acceptors (Lipinski definition) is 4. The van der Waals surface area contributed by atoms with Crippen molar-refractivity contribution in [2.45, 2.75) is 6.36 Å². The van der Waals surface area contributed by atoms with Crippen molar-refractivity contribution >= 4 is 17.8 Å². The Morgan fingerprint density at radius 2 is 1.90 bits per heavy atom. The van der Waals surface area contributed by atoms with E-state index in [0.29, 0.717) is 6.41 Å². The van der Waals surface area contributed by atoms with Gasteiger partial charge in [-0.25, -0.2) is 0 Å². The summed E-state index contributed by atoms with van der Waals surface area (Å²) in [7, 11) is 2.01. The van der Waals surface area contributed by atoms with Crippen LogP contribution >= 0.6 is 0 Å². The number of anilines is 2. The van der Waals surface area contributed by atoms with Gasteiger partial charge in [-0.05, 0) is 25.2 Å². The maximum absolute atomic E-state index is 12.3. The molecule has 1 fully saturated rings. The van der Waals surface area contributed by atoms with Crippen molar-refractivity contribution in [1.29, 1.82) is 0 Å². The first kappa shape index (κ1) is 15.4. The van der Waals surface area contributed by atoms with E-state index in [-0.39, 0.29) is 5.69 Å². The van der Waals surface area contributed by atoms with Crippen molar-refractivity contribution in [3.63, 3.8) is 0 Å². The SMILES string of the molecule is CN1CCN(c2ccc(OC(F)(F)F)c(NC=O)c2)CC1. The van der Waals surface area contributed by atoms with Crippen LogP contribution in [-0.2, 0) is 4.79 Å². The van der Waals surface area contributed by atoms with Crippen molar-refractivity contribution in [1.82, 2.24) is 4.90 Å². The van der Waals surface area contributed by atoms with Crippen molar-refractivity contribution in [2.24, 2.45) is 0 Å². The van der Waals surface area contributed by atoms with E-state index in [1.54, 1.807) is 6.07 Å². The Bertz CT molecular complexity index is 500. The zero-order valence-corrected chi connectivity index (χ0v) is 11.5. The molecule has 0 spiro atoms. The standard InChI is InChI=1S/C13H16F3N3O2/c1-18-4-6-19(7-5-18)10-2-3-12(21-13(14,15)16)11(8-10)17-9-20/h2-3,8-9H,4-7H2,1H3,(H,17,20). The highest BCUT2D eigenvalue weighted by Crippen LogP contribution is 2.33. The smallest absolute Gasteiger partial charge is 0.404 e. The summed E-state index contributed by atoms with van der Waals surface area (Å²) in [6.45, 7) is 3.29. The second kappa shape index (κ2) is 6.21. The number of amides is 1. The molecule has 1 amide bonds. The van der Waals surface area contributed by atoms with Crippen LogP contribution in [0.3, 0.4) is 0 Å². The van der Waals surface area contributed by atoms with E-state index in [4.69, 9.17) is 0 Å². The van der Waals surface area contributed by atoms with E-state index < -0.39 is 12.1 Å². The minimum atomic E-state index is -4.80. The summed E-state index contributed by atoms with van der Waals surface area (Å²) in [5.41, 5.74) is 0.751. The van der Waals surface area contributed by atoms with E-state index >= 15 is 0 Å². The number of carbonyl (C=O) groups is 1. The molecule has 0 atom stereocenters. The first-order chi connectivity index (χ1) is 9.89. The van der Waals surface area contributed by atoms with Gasteiger partial charge in [-0.15, -0.1) is 13.2 Å². The molecule has 1 aliphatic rings. The second-order valence-corrected chi connectivity index (χ2v) is 4.78. The third-order valence-electron chi connectivity index (χ3n) is 3.27. The molecule has 0 aromatic heterocycles. The lowest BCUT2D eigenvalue weighted by Gasteiger charge is -2.34. The molecule has 0 aliphatic carbocycles. The fraction of sp³-hybridized carbons (Fsp3) is 0.462. The van der Waals surface area contributed by atoms with Crippen molar-refractivity contribution in [2.75, 3.05) is 43.4 Å². The molecule has 0 bridgehead atoms. The van der Waals surface area contributed by atoms with Crippen LogP contribution in [0.4, 0.5) is 24.5 Å². The molecule has 21 heavy (non-hydrogen) atoms. The molecular weight excluding hydrogens is 287 g/mol. The van der Waals surface area contributed by atoms with Gasteiger partial charge >= 0.3 is 6.36 Å². The Hall–Kier alpha value is -1.96. The number of hydrogen-bond donors (Lipinski definition) is 1. The molecule has 1 heterocycles. The second-order valence-electron chi connectivity index (χ2n) is 4.78. The van der Waals surface area contributed by atoms with Crippen LogP contribution in [0.2, 0.25) is 0 Å². The molecule has 1 aromatic rings. The summed E-state index contributed by atoms with van der Waals surface area (Å²) in [5, 5.41) is 2.24. The number of likely N-dealkylation sites (N-methyl/N-ethyl adjacent to an activating group) is 1. The molecule has 0 unspecified atom stereocenters. The van der Waals surface area contributed by atoms with Gasteiger partial charge in [-0.3, -0.25) is 4.79 Å². The number of carbonyl (C=O) groups excluding carboxylic acids is 1. The zero-order chi connectivity index (χ0) is 15.5. The average molecular weight is 303 g/mol. The number of halogens is 3. The summed E-state index contributed by atoms with van der Waals surface area (Å²) < 4.78 is 40.8. The fourth-order valence-electron chi connectivity index (χ4n) is 2.17. The molecule has 0 saturated carbocycles. The highest BCUT2D eigenvalue weighted by atomic mass is 19.4. The third-order valence-corrected chi connectivity index (χ3v) is 3.27. The summed E-state index contributed by atoms with van der Waals surface area (Å²) in [6.07, 6.45) is -4.47. The van der Waals surface area contributed by atoms with E-state index in [0.717, 1.165) is 31.9 Å². The van der Waals surface area contributed by atoms with Crippen LogP contribution in [0.25, 0.3) is 0 Å². The van der Waals surface area contributed by atoms with E-state index in [9.17, 15) is 18.0 Å². The molecule has 1 N–H and O–H groups in total. The number of nitrogens with one attached hydrogen (secondary N) is 1. The van der Waals surface area contributed by atoms with Crippen molar-refractivity contribution in [3.05, 3.63) is 18.2 Å². The molecule has 1 saturated heterocycles. The predicted octanol–water partition coefficient (Wildman–Crippen LogP) is 1.91. The van der Waals surface area contributed by atoms with Crippen LogP contribution in [-0.4, -0.2) is 50.9 Å². The van der Waals surface area contributed by atoms with Crippen LogP contribution in [0.5, 0.6) is 5.75 Å². The minimum absolute atomic E-state index is 0.00115. The van der Waals surface area contributed by atoms with Gasteiger partial charge in [0.15, 0.2) is 5.75 Å². The normalized spacial score (nSPS) is 16.7. The number of piperazine rings is 1. The number of rotatable bonds is 4. The fourth-order valence-corrected chi connectivity index (χ4v) is 2.17. The molecule has 0 radical (unpaired) electrons. The van der Waals surface area contributed by atoms with Crippen molar-refractivity contribution < 1.29 is 22.7 Å². The largest absolute Gasteiger partial charge is 0.573 e. The van der Waals surface area contributed by atoms with Gasteiger partial charge in [0.05, 0.1) is 5.69 Å². The molecule has 116 valence electrons. The molecule has 2 rings (SSSR count). The molecule has 8 heteroatoms. The van der Waals surface area contributed by atoms with Crippen molar-refractivity contribution in [3.8, 4) is 5.75 Å². The maximum atomic E-state index is 12.3. The number of nitrogens with zero attached hydrogens (tertiary/aromatic N) is 2. The summed E-state index contributed by atoms with van der Waals surface area (Å²) >= 11 is 0. The van der Waals surface area contributed by atoms with Gasteiger partial charge in [-0.2, -0.15) is 0 Å². The van der Waals surface area contributed by atoms with Gasteiger partial charge in [0, 0.05) is 31.9 Å². The van der Waals surface area contributed by atoms with Crippen LogP contribution in [0.1, 0.15) is 0 Å². The van der Waals surface area contributed by atoms with Gasteiger partial charge in [0.25, 0.3) is 0 Å². The number of ether oxygens (including phenoxy) is 1. The highest BCUT2D eigenvalue weighted by molar-refractivity contribution is 5.78. The Kier molecular flexibility index (Phi) is 4.56. The first-order valence-corrected chi connectivity index (χ1v) is 6.42. The number of benzene rings is 1. The third kappa shape index (κ3) is 4.25. The van der Waals surface area contributed by atoms with E-state index in [1.165, 1.54) is 12.1 Å².